The number of halogens is 2. The lowest BCUT2D eigenvalue weighted by atomic mass is 10.2. The van der Waals surface area contributed by atoms with Crippen LogP contribution in [-0.2, 0) is 5.92 Å². The Labute approximate surface area is 73.4 Å². The van der Waals surface area contributed by atoms with E-state index in [-0.39, 0.29) is 23.7 Å². The van der Waals surface area contributed by atoms with Gasteiger partial charge < -0.3 is 10.6 Å². The van der Waals surface area contributed by atoms with Crippen molar-refractivity contribution in [1.29, 1.82) is 0 Å². The summed E-state index contributed by atoms with van der Waals surface area (Å²) in [7, 11) is 1.55. The molecule has 0 bridgehead atoms. The van der Waals surface area contributed by atoms with Crippen molar-refractivity contribution >= 4 is 11.6 Å². The molecule has 1 aliphatic heterocycles. The number of hydrogen-bond acceptors (Lipinski definition) is 4. The first-order valence-corrected chi connectivity index (χ1v) is 3.72. The van der Waals surface area contributed by atoms with Crippen LogP contribution in [0.25, 0.3) is 0 Å². The zero-order valence-corrected chi connectivity index (χ0v) is 6.96. The van der Waals surface area contributed by atoms with E-state index in [1.54, 1.807) is 7.05 Å². The van der Waals surface area contributed by atoms with Crippen LogP contribution in [0.15, 0.2) is 6.33 Å². The molecule has 2 heterocycles. The predicted molar refractivity (Wildman–Crippen MR) is 43.6 cm³/mol. The fourth-order valence-electron chi connectivity index (χ4n) is 1.48. The van der Waals surface area contributed by atoms with Gasteiger partial charge in [0.2, 0.25) is 0 Å². The molecule has 0 saturated heterocycles. The fraction of sp³-hybridized carbons (Fsp3) is 0.429. The molecular formula is C7H8F2N4. The summed E-state index contributed by atoms with van der Waals surface area (Å²) in [6.07, 6.45) is 1.19. The minimum Gasteiger partial charge on any atom is -0.383 e. The van der Waals surface area contributed by atoms with E-state index in [4.69, 9.17) is 5.73 Å². The standard InChI is InChI=1S/C7H8F2N4/c1-13-2-7(8,9)4-5(10)11-3-12-6(4)13/h3H,2H2,1H3,(H2,10,11,12). The summed E-state index contributed by atoms with van der Waals surface area (Å²) in [5, 5.41) is 0. The number of nitrogens with two attached hydrogens (primary N) is 1. The van der Waals surface area contributed by atoms with E-state index < -0.39 is 5.92 Å². The Morgan fingerprint density at radius 2 is 2.23 bits per heavy atom. The average Bonchev–Trinajstić information content (AvgIpc) is 2.24. The number of anilines is 2. The first kappa shape index (κ1) is 8.15. The third kappa shape index (κ3) is 1.01. The van der Waals surface area contributed by atoms with Crippen LogP contribution in [0.4, 0.5) is 20.4 Å². The monoisotopic (exact) mass is 186 g/mol. The lowest BCUT2D eigenvalue weighted by Crippen LogP contribution is -2.23. The van der Waals surface area contributed by atoms with Gasteiger partial charge >= 0.3 is 0 Å². The molecule has 1 aliphatic rings. The van der Waals surface area contributed by atoms with Crippen LogP contribution in [0.3, 0.4) is 0 Å². The minimum absolute atomic E-state index is 0.139. The second kappa shape index (κ2) is 2.27. The molecule has 0 aromatic carbocycles. The number of nitrogen functional groups attached to an aromatic ring is 1. The third-order valence-corrected chi connectivity index (χ3v) is 2.02. The predicted octanol–water partition coefficient (Wildman–Crippen LogP) is 0.600. The molecule has 0 spiro atoms. The summed E-state index contributed by atoms with van der Waals surface area (Å²) in [5.41, 5.74) is 5.10. The van der Waals surface area contributed by atoms with Crippen LogP contribution in [0.5, 0.6) is 0 Å². The van der Waals surface area contributed by atoms with Crippen molar-refractivity contribution in [2.75, 3.05) is 24.2 Å². The summed E-state index contributed by atoms with van der Waals surface area (Å²) in [6.45, 7) is -0.384. The van der Waals surface area contributed by atoms with E-state index in [1.807, 2.05) is 0 Å². The number of fused-ring (bicyclic) bond motifs is 1. The number of aromatic nitrogens is 2. The van der Waals surface area contributed by atoms with Crippen molar-refractivity contribution in [3.05, 3.63) is 11.9 Å². The van der Waals surface area contributed by atoms with Gasteiger partial charge in [-0.05, 0) is 0 Å². The van der Waals surface area contributed by atoms with Gasteiger partial charge in [-0.1, -0.05) is 0 Å². The second-order valence-electron chi connectivity index (χ2n) is 3.02. The Morgan fingerprint density at radius 3 is 2.85 bits per heavy atom. The van der Waals surface area contributed by atoms with Crippen molar-refractivity contribution in [2.45, 2.75) is 5.92 Å². The minimum atomic E-state index is -2.94. The summed E-state index contributed by atoms with van der Waals surface area (Å²) in [5.74, 6) is -2.85. The molecule has 4 nitrogen and oxygen atoms in total. The average molecular weight is 186 g/mol. The van der Waals surface area contributed by atoms with Crippen LogP contribution in [0.2, 0.25) is 0 Å². The van der Waals surface area contributed by atoms with Crippen LogP contribution in [0.1, 0.15) is 5.56 Å². The van der Waals surface area contributed by atoms with Gasteiger partial charge in [-0.25, -0.2) is 9.97 Å². The van der Waals surface area contributed by atoms with Crippen LogP contribution in [-0.4, -0.2) is 23.6 Å². The lowest BCUT2D eigenvalue weighted by Gasteiger charge is -2.09. The molecular weight excluding hydrogens is 178 g/mol. The fourth-order valence-corrected chi connectivity index (χ4v) is 1.48. The molecule has 2 N–H and O–H groups in total. The number of rotatable bonds is 0. The van der Waals surface area contributed by atoms with Crippen LogP contribution >= 0.6 is 0 Å². The highest BCUT2D eigenvalue weighted by molar-refractivity contribution is 5.62. The molecule has 6 heteroatoms. The molecule has 0 fully saturated rings. The topological polar surface area (TPSA) is 55.0 Å². The van der Waals surface area contributed by atoms with Crippen molar-refractivity contribution in [3.63, 3.8) is 0 Å². The Balaban J connectivity index is 2.66. The zero-order chi connectivity index (χ0) is 9.64. The van der Waals surface area contributed by atoms with Gasteiger partial charge in [0.1, 0.15) is 23.5 Å². The van der Waals surface area contributed by atoms with Gasteiger partial charge in [-0.3, -0.25) is 0 Å². The molecule has 2 rings (SSSR count). The van der Waals surface area contributed by atoms with Crippen molar-refractivity contribution < 1.29 is 8.78 Å². The molecule has 13 heavy (non-hydrogen) atoms. The SMILES string of the molecule is CN1CC(F)(F)c2c(N)ncnc21. The highest BCUT2D eigenvalue weighted by Crippen LogP contribution is 2.43. The van der Waals surface area contributed by atoms with Gasteiger partial charge in [0.05, 0.1) is 6.54 Å². The smallest absolute Gasteiger partial charge is 0.297 e. The second-order valence-corrected chi connectivity index (χ2v) is 3.02. The van der Waals surface area contributed by atoms with Gasteiger partial charge in [0.25, 0.3) is 5.92 Å². The number of likely N-dealkylation sites (N-methyl/N-ethyl adjacent to an activating group) is 1. The van der Waals surface area contributed by atoms with E-state index in [9.17, 15) is 8.78 Å². The van der Waals surface area contributed by atoms with Crippen molar-refractivity contribution in [2.24, 2.45) is 0 Å². The van der Waals surface area contributed by atoms with Gasteiger partial charge in [0.15, 0.2) is 0 Å². The molecule has 0 aliphatic carbocycles. The summed E-state index contributed by atoms with van der Waals surface area (Å²) >= 11 is 0. The van der Waals surface area contributed by atoms with Crippen LogP contribution in [0, 0.1) is 0 Å². The maximum atomic E-state index is 13.2. The summed E-state index contributed by atoms with van der Waals surface area (Å²) < 4.78 is 26.5. The lowest BCUT2D eigenvalue weighted by molar-refractivity contribution is 0.0152. The van der Waals surface area contributed by atoms with Gasteiger partial charge in [0, 0.05) is 7.05 Å². The molecule has 1 aromatic heterocycles. The Hall–Kier alpha value is -1.46. The largest absolute Gasteiger partial charge is 0.383 e. The Kier molecular flexibility index (Phi) is 1.43. The molecule has 70 valence electrons. The first-order valence-electron chi connectivity index (χ1n) is 3.72. The molecule has 0 unspecified atom stereocenters. The highest BCUT2D eigenvalue weighted by atomic mass is 19.3. The molecule has 0 radical (unpaired) electrons. The number of nitrogens with zero attached hydrogens (tertiary/aromatic N) is 3. The van der Waals surface area contributed by atoms with Crippen molar-refractivity contribution in [3.8, 4) is 0 Å². The Bertz CT molecular complexity index is 352. The first-order chi connectivity index (χ1) is 6.02. The molecule has 0 atom stereocenters. The van der Waals surface area contributed by atoms with Crippen molar-refractivity contribution in [1.82, 2.24) is 9.97 Å². The third-order valence-electron chi connectivity index (χ3n) is 2.02. The highest BCUT2D eigenvalue weighted by Gasteiger charge is 2.45. The van der Waals surface area contributed by atoms with E-state index in [1.165, 1.54) is 11.2 Å². The summed E-state index contributed by atoms with van der Waals surface area (Å²) in [4.78, 5) is 8.66. The zero-order valence-electron chi connectivity index (χ0n) is 6.96. The van der Waals surface area contributed by atoms with E-state index in [2.05, 4.69) is 9.97 Å². The molecule has 1 aromatic rings. The molecule has 0 saturated carbocycles. The van der Waals surface area contributed by atoms with E-state index in [0.29, 0.717) is 0 Å². The number of alkyl halides is 2. The quantitative estimate of drug-likeness (QED) is 0.644. The number of hydrogen-bond donors (Lipinski definition) is 1. The van der Waals surface area contributed by atoms with Crippen LogP contribution < -0.4 is 10.6 Å². The summed E-state index contributed by atoms with van der Waals surface area (Å²) in [6, 6.07) is 0. The van der Waals surface area contributed by atoms with Gasteiger partial charge in [-0.2, -0.15) is 8.78 Å². The Morgan fingerprint density at radius 1 is 1.54 bits per heavy atom. The van der Waals surface area contributed by atoms with E-state index in [0.717, 1.165) is 0 Å². The maximum absolute atomic E-state index is 13.2. The maximum Gasteiger partial charge on any atom is 0.297 e. The molecule has 0 amide bonds. The van der Waals surface area contributed by atoms with Gasteiger partial charge in [-0.15, -0.1) is 0 Å². The van der Waals surface area contributed by atoms with E-state index >= 15 is 0 Å². The normalized spacial score (nSPS) is 18.8.